The van der Waals surface area contributed by atoms with Gasteiger partial charge in [0, 0.05) is 10.4 Å². The van der Waals surface area contributed by atoms with Crippen LogP contribution in [0.2, 0.25) is 0 Å². The minimum absolute atomic E-state index is 0.153. The molecule has 2 atom stereocenters. The van der Waals surface area contributed by atoms with E-state index < -0.39 is 6.10 Å². The van der Waals surface area contributed by atoms with Crippen molar-refractivity contribution in [2.45, 2.75) is 37.2 Å². The molecule has 0 bridgehead atoms. The molecule has 1 heterocycles. The first-order valence-electron chi connectivity index (χ1n) is 6.25. The number of nitrogens with one attached hydrogen (secondary N) is 1. The van der Waals surface area contributed by atoms with Crippen LogP contribution in [0.15, 0.2) is 24.3 Å². The Bertz CT molecular complexity index is 474. The van der Waals surface area contributed by atoms with E-state index >= 15 is 0 Å². The number of hydrogen-bond donors (Lipinski definition) is 1. The zero-order valence-corrected chi connectivity index (χ0v) is 12.9. The zero-order valence-electron chi connectivity index (χ0n) is 11.3. The summed E-state index contributed by atoms with van der Waals surface area (Å²) in [5, 5.41) is 2.97. The molecule has 2 rings (SSSR count). The predicted octanol–water partition coefficient (Wildman–Crippen LogP) is 2.50. The number of alkyl halides is 1. The van der Waals surface area contributed by atoms with Crippen molar-refractivity contribution in [1.82, 2.24) is 5.32 Å². The lowest BCUT2D eigenvalue weighted by atomic mass is 10.0. The first kappa shape index (κ1) is 14.2. The van der Waals surface area contributed by atoms with Gasteiger partial charge >= 0.3 is 0 Å². The third-order valence-electron chi connectivity index (χ3n) is 3.24. The first-order valence-corrected chi connectivity index (χ1v) is 7.16. The van der Waals surface area contributed by atoms with Gasteiger partial charge in [-0.3, -0.25) is 4.79 Å². The van der Waals surface area contributed by atoms with Crippen LogP contribution < -0.4 is 14.8 Å². The van der Waals surface area contributed by atoms with E-state index in [1.165, 1.54) is 0 Å². The summed E-state index contributed by atoms with van der Waals surface area (Å²) < 4.78 is 11.2. The number of fused-ring (bicyclic) bond motifs is 1. The van der Waals surface area contributed by atoms with Crippen molar-refractivity contribution in [3.63, 3.8) is 0 Å². The van der Waals surface area contributed by atoms with Crippen LogP contribution in [0.4, 0.5) is 0 Å². The third-order valence-corrected chi connectivity index (χ3v) is 4.39. The molecule has 1 N–H and O–H groups in total. The molecule has 0 radical (unpaired) electrons. The van der Waals surface area contributed by atoms with Crippen molar-refractivity contribution in [2.75, 3.05) is 6.61 Å². The quantitative estimate of drug-likeness (QED) is 0.868. The highest BCUT2D eigenvalue weighted by atomic mass is 79.9. The van der Waals surface area contributed by atoms with Crippen LogP contribution in [0, 0.1) is 0 Å². The number of hydrogen-bond acceptors (Lipinski definition) is 3. The molecule has 2 unspecified atom stereocenters. The van der Waals surface area contributed by atoms with Gasteiger partial charge in [0.15, 0.2) is 11.5 Å². The predicted molar refractivity (Wildman–Crippen MR) is 77.0 cm³/mol. The van der Waals surface area contributed by atoms with Gasteiger partial charge in [-0.25, -0.2) is 0 Å². The Kier molecular flexibility index (Phi) is 4.04. The lowest BCUT2D eigenvalue weighted by molar-refractivity contribution is -0.132. The Morgan fingerprint density at radius 1 is 1.42 bits per heavy atom. The maximum Gasteiger partial charge on any atom is 0.265 e. The van der Waals surface area contributed by atoms with Crippen LogP contribution in [-0.2, 0) is 4.79 Å². The SMILES string of the molecule is CC(Br)C(C)(C)NC(=O)C1COc2ccccc2O1. The van der Waals surface area contributed by atoms with E-state index in [9.17, 15) is 4.79 Å². The van der Waals surface area contributed by atoms with Gasteiger partial charge in [-0.1, -0.05) is 35.0 Å². The summed E-state index contributed by atoms with van der Waals surface area (Å²) in [6.07, 6.45) is -0.611. The van der Waals surface area contributed by atoms with Gasteiger partial charge in [-0.05, 0) is 26.0 Å². The molecule has 1 aromatic rings. The summed E-state index contributed by atoms with van der Waals surface area (Å²) in [7, 11) is 0. The summed E-state index contributed by atoms with van der Waals surface area (Å²) in [4.78, 5) is 12.3. The van der Waals surface area contributed by atoms with E-state index in [1.54, 1.807) is 6.07 Å². The fourth-order valence-electron chi connectivity index (χ4n) is 1.65. The smallest absolute Gasteiger partial charge is 0.265 e. The summed E-state index contributed by atoms with van der Waals surface area (Å²) >= 11 is 3.49. The summed E-state index contributed by atoms with van der Waals surface area (Å²) in [6, 6.07) is 7.35. The van der Waals surface area contributed by atoms with Gasteiger partial charge in [0.25, 0.3) is 5.91 Å². The normalized spacial score (nSPS) is 19.7. The van der Waals surface area contributed by atoms with Crippen LogP contribution in [-0.4, -0.2) is 29.0 Å². The van der Waals surface area contributed by atoms with Gasteiger partial charge in [0.05, 0.1) is 0 Å². The van der Waals surface area contributed by atoms with Gasteiger partial charge in [-0.15, -0.1) is 0 Å². The highest BCUT2D eigenvalue weighted by molar-refractivity contribution is 9.09. The van der Waals surface area contributed by atoms with Crippen LogP contribution in [0.1, 0.15) is 20.8 Å². The van der Waals surface area contributed by atoms with Crippen LogP contribution in [0.25, 0.3) is 0 Å². The second-order valence-corrected chi connectivity index (χ2v) is 6.56. The first-order chi connectivity index (χ1) is 8.90. The lowest BCUT2D eigenvalue weighted by Gasteiger charge is -2.32. The molecule has 1 aliphatic heterocycles. The molecule has 1 amide bonds. The van der Waals surface area contributed by atoms with E-state index in [0.717, 1.165) is 0 Å². The second-order valence-electron chi connectivity index (χ2n) is 5.19. The maximum atomic E-state index is 12.2. The molecule has 1 aliphatic rings. The van der Waals surface area contributed by atoms with Gasteiger partial charge < -0.3 is 14.8 Å². The number of carbonyl (C=O) groups excluding carboxylic acids is 1. The maximum absolute atomic E-state index is 12.2. The molecule has 4 nitrogen and oxygen atoms in total. The molecule has 0 aromatic heterocycles. The average Bonchev–Trinajstić information content (AvgIpc) is 2.37. The van der Waals surface area contributed by atoms with Crippen LogP contribution >= 0.6 is 15.9 Å². The fourth-order valence-corrected chi connectivity index (χ4v) is 1.76. The fraction of sp³-hybridized carbons (Fsp3) is 0.500. The van der Waals surface area contributed by atoms with Crippen LogP contribution in [0.3, 0.4) is 0 Å². The summed E-state index contributed by atoms with van der Waals surface area (Å²) in [5.41, 5.74) is -0.350. The third kappa shape index (κ3) is 3.21. The van der Waals surface area contributed by atoms with Gasteiger partial charge in [-0.2, -0.15) is 0 Å². The number of para-hydroxylation sites is 2. The molecule has 1 aromatic carbocycles. The zero-order chi connectivity index (χ0) is 14.0. The van der Waals surface area contributed by atoms with Gasteiger partial charge in [0.2, 0.25) is 6.10 Å². The Balaban J connectivity index is 2.03. The molecule has 19 heavy (non-hydrogen) atoms. The lowest BCUT2D eigenvalue weighted by Crippen LogP contribution is -2.55. The Morgan fingerprint density at radius 2 is 2.05 bits per heavy atom. The van der Waals surface area contributed by atoms with Crippen molar-refractivity contribution in [2.24, 2.45) is 0 Å². The largest absolute Gasteiger partial charge is 0.485 e. The topological polar surface area (TPSA) is 47.6 Å². The molecule has 0 saturated heterocycles. The highest BCUT2D eigenvalue weighted by Crippen LogP contribution is 2.31. The van der Waals surface area contributed by atoms with Crippen molar-refractivity contribution < 1.29 is 14.3 Å². The van der Waals surface area contributed by atoms with Crippen molar-refractivity contribution in [3.8, 4) is 11.5 Å². The van der Waals surface area contributed by atoms with E-state index in [4.69, 9.17) is 9.47 Å². The van der Waals surface area contributed by atoms with E-state index in [1.807, 2.05) is 39.0 Å². The molecule has 0 saturated carbocycles. The van der Waals surface area contributed by atoms with E-state index in [-0.39, 0.29) is 22.9 Å². The van der Waals surface area contributed by atoms with Gasteiger partial charge in [0.1, 0.15) is 6.61 Å². The van der Waals surface area contributed by atoms with Crippen molar-refractivity contribution in [3.05, 3.63) is 24.3 Å². The number of rotatable bonds is 3. The molecule has 5 heteroatoms. The van der Waals surface area contributed by atoms with E-state index in [0.29, 0.717) is 11.5 Å². The molecule has 0 aliphatic carbocycles. The average molecular weight is 328 g/mol. The second kappa shape index (κ2) is 5.41. The number of halogens is 1. The summed E-state index contributed by atoms with van der Waals surface area (Å²) in [5.74, 6) is 1.13. The van der Waals surface area contributed by atoms with E-state index in [2.05, 4.69) is 21.2 Å². The molecule has 104 valence electrons. The Hall–Kier alpha value is -1.23. The summed E-state index contributed by atoms with van der Waals surface area (Å²) in [6.45, 7) is 6.15. The van der Waals surface area contributed by atoms with Crippen LogP contribution in [0.5, 0.6) is 11.5 Å². The van der Waals surface area contributed by atoms with Crippen molar-refractivity contribution in [1.29, 1.82) is 0 Å². The molecular formula is C14H18BrNO3. The number of carbonyl (C=O) groups is 1. The number of ether oxygens (including phenoxy) is 2. The standard InChI is InChI=1S/C14H18BrNO3/c1-9(15)14(2,3)16-13(17)12-8-18-10-6-4-5-7-11(10)19-12/h4-7,9,12H,8H2,1-3H3,(H,16,17). The molecular weight excluding hydrogens is 310 g/mol. The number of amides is 1. The molecule has 0 spiro atoms. The van der Waals surface area contributed by atoms with Crippen molar-refractivity contribution >= 4 is 21.8 Å². The minimum Gasteiger partial charge on any atom is -0.485 e. The highest BCUT2D eigenvalue weighted by Gasteiger charge is 2.32. The Labute approximate surface area is 121 Å². The minimum atomic E-state index is -0.611. The molecule has 0 fully saturated rings. The number of benzene rings is 1. The Morgan fingerprint density at radius 3 is 2.68 bits per heavy atom. The monoisotopic (exact) mass is 327 g/mol.